The molecule has 0 aliphatic rings. The number of likely N-dealkylation sites (N-methyl/N-ethyl adjacent to an activating group) is 1. The molecule has 0 saturated heterocycles. The van der Waals surface area contributed by atoms with Gasteiger partial charge in [-0.25, -0.2) is 0 Å². The van der Waals surface area contributed by atoms with Crippen molar-refractivity contribution in [3.63, 3.8) is 0 Å². The van der Waals surface area contributed by atoms with E-state index in [2.05, 4.69) is 33.2 Å². The van der Waals surface area contributed by atoms with Gasteiger partial charge in [-0.15, -0.1) is 0 Å². The Morgan fingerprint density at radius 1 is 1.24 bits per heavy atom. The van der Waals surface area contributed by atoms with Gasteiger partial charge in [0.2, 0.25) is 11.8 Å². The first-order valence-corrected chi connectivity index (χ1v) is 7.80. The van der Waals surface area contributed by atoms with Crippen molar-refractivity contribution in [1.29, 1.82) is 0 Å². The molecule has 2 N–H and O–H groups in total. The zero-order chi connectivity index (χ0) is 16.0. The Morgan fingerprint density at radius 2 is 1.86 bits per heavy atom. The standard InChI is InChI=1S/C15H22IN3O2/c1-15(2,3)18-13(20)10-19(4)14(21)9-17-12-8-6-5-7-11(12)16/h5-8,17H,9-10H2,1-4H3,(H,18,20). The largest absolute Gasteiger partial charge is 0.375 e. The Bertz CT molecular complexity index is 512. The molecule has 0 unspecified atom stereocenters. The molecule has 116 valence electrons. The number of nitrogens with one attached hydrogen (secondary N) is 2. The van der Waals surface area contributed by atoms with Crippen molar-refractivity contribution in [1.82, 2.24) is 10.2 Å². The number of nitrogens with zero attached hydrogens (tertiary/aromatic N) is 1. The van der Waals surface area contributed by atoms with E-state index >= 15 is 0 Å². The van der Waals surface area contributed by atoms with Crippen molar-refractivity contribution in [3.8, 4) is 0 Å². The van der Waals surface area contributed by atoms with Gasteiger partial charge in [-0.2, -0.15) is 0 Å². The van der Waals surface area contributed by atoms with Crippen LogP contribution in [0.2, 0.25) is 0 Å². The van der Waals surface area contributed by atoms with Crippen LogP contribution in [0, 0.1) is 3.57 Å². The van der Waals surface area contributed by atoms with Crippen LogP contribution < -0.4 is 10.6 Å². The topological polar surface area (TPSA) is 61.4 Å². The predicted octanol–water partition coefficient (Wildman–Crippen LogP) is 2.08. The fourth-order valence-electron chi connectivity index (χ4n) is 1.67. The van der Waals surface area contributed by atoms with E-state index in [0.29, 0.717) is 0 Å². The number of carbonyl (C=O) groups excluding carboxylic acids is 2. The monoisotopic (exact) mass is 403 g/mol. The summed E-state index contributed by atoms with van der Waals surface area (Å²) < 4.78 is 1.05. The molecule has 5 nitrogen and oxygen atoms in total. The maximum atomic E-state index is 12.0. The average Bonchev–Trinajstić information content (AvgIpc) is 2.34. The van der Waals surface area contributed by atoms with E-state index in [4.69, 9.17) is 0 Å². The smallest absolute Gasteiger partial charge is 0.242 e. The lowest BCUT2D eigenvalue weighted by Crippen LogP contribution is -2.47. The molecule has 0 aromatic heterocycles. The number of halogens is 1. The van der Waals surface area contributed by atoms with Crippen LogP contribution in [0.25, 0.3) is 0 Å². The van der Waals surface area contributed by atoms with Gasteiger partial charge in [-0.3, -0.25) is 9.59 Å². The molecule has 0 radical (unpaired) electrons. The first-order chi connectivity index (χ1) is 9.69. The highest BCUT2D eigenvalue weighted by molar-refractivity contribution is 14.1. The summed E-state index contributed by atoms with van der Waals surface area (Å²) in [5, 5.41) is 5.92. The number of hydrogen-bond donors (Lipinski definition) is 2. The summed E-state index contributed by atoms with van der Waals surface area (Å²) >= 11 is 2.21. The van der Waals surface area contributed by atoms with Crippen LogP contribution in [-0.4, -0.2) is 42.4 Å². The highest BCUT2D eigenvalue weighted by atomic mass is 127. The molecular formula is C15H22IN3O2. The van der Waals surface area contributed by atoms with E-state index in [0.717, 1.165) is 9.26 Å². The lowest BCUT2D eigenvalue weighted by atomic mass is 10.1. The minimum Gasteiger partial charge on any atom is -0.375 e. The summed E-state index contributed by atoms with van der Waals surface area (Å²) in [6.07, 6.45) is 0. The van der Waals surface area contributed by atoms with Crippen LogP contribution in [0.5, 0.6) is 0 Å². The molecule has 0 bridgehead atoms. The number of benzene rings is 1. The normalized spacial score (nSPS) is 10.9. The van der Waals surface area contributed by atoms with Gasteiger partial charge in [0.1, 0.15) is 0 Å². The van der Waals surface area contributed by atoms with E-state index in [9.17, 15) is 9.59 Å². The third-order valence-corrected chi connectivity index (χ3v) is 3.57. The Hall–Kier alpha value is -1.31. The highest BCUT2D eigenvalue weighted by Crippen LogP contribution is 2.16. The maximum Gasteiger partial charge on any atom is 0.242 e. The fourth-order valence-corrected chi connectivity index (χ4v) is 2.25. The fraction of sp³-hybridized carbons (Fsp3) is 0.467. The van der Waals surface area contributed by atoms with Gasteiger partial charge >= 0.3 is 0 Å². The Balaban J connectivity index is 2.45. The summed E-state index contributed by atoms with van der Waals surface area (Å²) in [6.45, 7) is 5.95. The SMILES string of the molecule is CN(CC(=O)NC(C)(C)C)C(=O)CNc1ccccc1I. The molecular weight excluding hydrogens is 381 g/mol. The van der Waals surface area contributed by atoms with Gasteiger partial charge in [0.05, 0.1) is 13.1 Å². The van der Waals surface area contributed by atoms with E-state index in [1.54, 1.807) is 7.05 Å². The average molecular weight is 403 g/mol. The third kappa shape index (κ3) is 6.79. The molecule has 0 aliphatic heterocycles. The predicted molar refractivity (Wildman–Crippen MR) is 93.2 cm³/mol. The van der Waals surface area contributed by atoms with Crippen LogP contribution in [0.1, 0.15) is 20.8 Å². The molecule has 0 heterocycles. The van der Waals surface area contributed by atoms with Crippen molar-refractivity contribution in [3.05, 3.63) is 27.8 Å². The van der Waals surface area contributed by atoms with Gasteiger partial charge in [-0.05, 0) is 55.5 Å². The Labute approximate surface area is 139 Å². The summed E-state index contributed by atoms with van der Waals surface area (Å²) in [6, 6.07) is 7.74. The molecule has 1 aromatic rings. The third-order valence-electron chi connectivity index (χ3n) is 2.62. The summed E-state index contributed by atoms with van der Waals surface area (Å²) in [5.41, 5.74) is 0.623. The van der Waals surface area contributed by atoms with Crippen molar-refractivity contribution in [2.24, 2.45) is 0 Å². The molecule has 21 heavy (non-hydrogen) atoms. The van der Waals surface area contributed by atoms with E-state index in [1.165, 1.54) is 4.90 Å². The van der Waals surface area contributed by atoms with Crippen LogP contribution in [0.15, 0.2) is 24.3 Å². The molecule has 2 amide bonds. The quantitative estimate of drug-likeness (QED) is 0.741. The van der Waals surface area contributed by atoms with E-state index in [-0.39, 0.29) is 30.4 Å². The van der Waals surface area contributed by atoms with E-state index in [1.807, 2.05) is 45.0 Å². The van der Waals surface area contributed by atoms with Crippen LogP contribution in [0.4, 0.5) is 5.69 Å². The number of rotatable bonds is 5. The second-order valence-corrected chi connectivity index (χ2v) is 7.04. The van der Waals surface area contributed by atoms with Gasteiger partial charge in [0.25, 0.3) is 0 Å². The van der Waals surface area contributed by atoms with Gasteiger partial charge in [-0.1, -0.05) is 12.1 Å². The van der Waals surface area contributed by atoms with Crippen LogP contribution >= 0.6 is 22.6 Å². The second kappa shape index (κ2) is 7.63. The highest BCUT2D eigenvalue weighted by Gasteiger charge is 2.17. The molecule has 0 fully saturated rings. The number of amides is 2. The second-order valence-electron chi connectivity index (χ2n) is 5.88. The van der Waals surface area contributed by atoms with Gasteiger partial charge in [0.15, 0.2) is 0 Å². The molecule has 0 spiro atoms. The molecule has 0 aliphatic carbocycles. The number of anilines is 1. The van der Waals surface area contributed by atoms with Gasteiger partial charge < -0.3 is 15.5 Å². The van der Waals surface area contributed by atoms with Crippen molar-refractivity contribution in [2.75, 3.05) is 25.5 Å². The number of carbonyl (C=O) groups is 2. The minimum atomic E-state index is -0.292. The summed E-state index contributed by atoms with van der Waals surface area (Å²) in [4.78, 5) is 25.2. The van der Waals surface area contributed by atoms with Crippen LogP contribution in [0.3, 0.4) is 0 Å². The summed E-state index contributed by atoms with van der Waals surface area (Å²) in [7, 11) is 1.63. The lowest BCUT2D eigenvalue weighted by molar-refractivity contribution is -0.133. The van der Waals surface area contributed by atoms with Crippen LogP contribution in [-0.2, 0) is 9.59 Å². The first-order valence-electron chi connectivity index (χ1n) is 6.72. The van der Waals surface area contributed by atoms with E-state index < -0.39 is 0 Å². The lowest BCUT2D eigenvalue weighted by Gasteiger charge is -2.23. The van der Waals surface area contributed by atoms with Crippen molar-refractivity contribution in [2.45, 2.75) is 26.3 Å². The molecule has 1 aromatic carbocycles. The Kier molecular flexibility index (Phi) is 6.44. The number of para-hydroxylation sites is 1. The molecule has 0 saturated carbocycles. The minimum absolute atomic E-state index is 0.0592. The molecule has 6 heteroatoms. The van der Waals surface area contributed by atoms with Gasteiger partial charge in [0, 0.05) is 21.8 Å². The maximum absolute atomic E-state index is 12.0. The molecule has 1 rings (SSSR count). The molecule has 0 atom stereocenters. The number of hydrogen-bond acceptors (Lipinski definition) is 3. The van der Waals surface area contributed by atoms with Crippen molar-refractivity contribution >= 4 is 40.1 Å². The summed E-state index contributed by atoms with van der Waals surface area (Å²) in [5.74, 6) is -0.286. The van der Waals surface area contributed by atoms with Crippen molar-refractivity contribution < 1.29 is 9.59 Å². The zero-order valence-corrected chi connectivity index (χ0v) is 15.0. The zero-order valence-electron chi connectivity index (χ0n) is 12.9. The first kappa shape index (κ1) is 17.7. The Morgan fingerprint density at radius 3 is 2.43 bits per heavy atom.